The van der Waals surface area contributed by atoms with Gasteiger partial charge in [-0.25, -0.2) is 4.79 Å². The number of carbonyl (C=O) groups is 1. The number of halogens is 3. The van der Waals surface area contributed by atoms with E-state index in [1.807, 2.05) is 12.1 Å². The summed E-state index contributed by atoms with van der Waals surface area (Å²) >= 11 is 1.40. The Morgan fingerprint density at radius 3 is 2.52 bits per heavy atom. The van der Waals surface area contributed by atoms with Gasteiger partial charge in [0.15, 0.2) is 6.10 Å². The van der Waals surface area contributed by atoms with Crippen LogP contribution in [0.3, 0.4) is 0 Å². The number of aliphatic hydroxyl groups excluding tert-OH is 1. The number of ether oxygens (including phenoxy) is 1. The van der Waals surface area contributed by atoms with Gasteiger partial charge in [0.1, 0.15) is 5.60 Å². The Morgan fingerprint density at radius 2 is 1.92 bits per heavy atom. The number of nitrogens with one attached hydrogen (secondary N) is 1. The third kappa shape index (κ3) is 5.34. The summed E-state index contributed by atoms with van der Waals surface area (Å²) in [4.78, 5) is 11.9. The highest BCUT2D eigenvalue weighted by atomic mass is 32.1. The molecule has 2 N–H and O–H groups in total. The highest BCUT2D eigenvalue weighted by Crippen LogP contribution is 2.29. The van der Waals surface area contributed by atoms with Crippen molar-refractivity contribution >= 4 is 27.5 Å². The molecule has 0 saturated heterocycles. The van der Waals surface area contributed by atoms with Gasteiger partial charge in [-0.3, -0.25) is 0 Å². The molecule has 25 heavy (non-hydrogen) atoms. The topological polar surface area (TPSA) is 58.6 Å². The molecular weight excluding hydrogens is 355 g/mol. The van der Waals surface area contributed by atoms with E-state index in [4.69, 9.17) is 4.74 Å². The molecule has 0 bridgehead atoms. The SMILES string of the molecule is CC(C)(C)OC(=O)NC(Cc1csc2ccccc12)C(O)C(F)(F)F. The fraction of sp³-hybridized carbons (Fsp3) is 0.471. The lowest BCUT2D eigenvalue weighted by Gasteiger charge is -2.27. The van der Waals surface area contributed by atoms with E-state index in [1.165, 1.54) is 11.3 Å². The fourth-order valence-corrected chi connectivity index (χ4v) is 3.33. The Labute approximate surface area is 147 Å². The molecule has 0 spiro atoms. The zero-order valence-corrected chi connectivity index (χ0v) is 14.9. The molecule has 2 rings (SSSR count). The summed E-state index contributed by atoms with van der Waals surface area (Å²) < 4.78 is 44.9. The number of alkyl halides is 3. The second-order valence-corrected chi connectivity index (χ2v) is 7.61. The first kappa shape index (κ1) is 19.5. The number of thiophene rings is 1. The largest absolute Gasteiger partial charge is 0.444 e. The standard InChI is InChI=1S/C17H20F3NO3S/c1-16(2,3)24-15(23)21-12(14(22)17(18,19)20)8-10-9-25-13-7-5-4-6-11(10)13/h4-7,9,12,14,22H,8H2,1-3H3,(H,21,23). The maximum Gasteiger partial charge on any atom is 0.416 e. The smallest absolute Gasteiger partial charge is 0.416 e. The van der Waals surface area contributed by atoms with Crippen molar-refractivity contribution in [1.29, 1.82) is 0 Å². The quantitative estimate of drug-likeness (QED) is 0.839. The molecule has 0 saturated carbocycles. The zero-order valence-electron chi connectivity index (χ0n) is 14.1. The summed E-state index contributed by atoms with van der Waals surface area (Å²) in [6.07, 6.45) is -8.71. The van der Waals surface area contributed by atoms with E-state index in [-0.39, 0.29) is 6.42 Å². The van der Waals surface area contributed by atoms with Gasteiger partial charge in [0, 0.05) is 4.70 Å². The third-order valence-electron chi connectivity index (χ3n) is 3.42. The van der Waals surface area contributed by atoms with Gasteiger partial charge < -0.3 is 15.2 Å². The maximum atomic E-state index is 13.0. The van der Waals surface area contributed by atoms with E-state index in [9.17, 15) is 23.1 Å². The third-order valence-corrected chi connectivity index (χ3v) is 4.43. The van der Waals surface area contributed by atoms with Crippen molar-refractivity contribution in [2.45, 2.75) is 51.1 Å². The molecule has 1 amide bonds. The van der Waals surface area contributed by atoms with E-state index in [0.717, 1.165) is 10.1 Å². The van der Waals surface area contributed by atoms with Crippen molar-refractivity contribution in [3.05, 3.63) is 35.2 Å². The van der Waals surface area contributed by atoms with Crippen molar-refractivity contribution in [2.75, 3.05) is 0 Å². The van der Waals surface area contributed by atoms with Crippen molar-refractivity contribution < 1.29 is 27.8 Å². The van der Waals surface area contributed by atoms with Crippen LogP contribution in [0.15, 0.2) is 29.6 Å². The first-order valence-electron chi connectivity index (χ1n) is 7.67. The molecular formula is C17H20F3NO3S. The Hall–Kier alpha value is -1.80. The van der Waals surface area contributed by atoms with Crippen LogP contribution < -0.4 is 5.32 Å². The number of fused-ring (bicyclic) bond motifs is 1. The molecule has 0 fully saturated rings. The summed E-state index contributed by atoms with van der Waals surface area (Å²) in [6, 6.07) is 5.73. The summed E-state index contributed by atoms with van der Waals surface area (Å²) in [5.74, 6) is 0. The van der Waals surface area contributed by atoms with Crippen LogP contribution in [-0.4, -0.2) is 35.1 Å². The van der Waals surface area contributed by atoms with E-state index < -0.39 is 30.0 Å². The number of hydrogen-bond donors (Lipinski definition) is 2. The molecule has 1 heterocycles. The van der Waals surface area contributed by atoms with E-state index in [2.05, 4.69) is 5.32 Å². The van der Waals surface area contributed by atoms with Gasteiger partial charge in [0.05, 0.1) is 6.04 Å². The summed E-state index contributed by atoms with van der Waals surface area (Å²) in [5, 5.41) is 14.4. The van der Waals surface area contributed by atoms with Crippen LogP contribution in [0.4, 0.5) is 18.0 Å². The van der Waals surface area contributed by atoms with Crippen molar-refractivity contribution in [2.24, 2.45) is 0 Å². The Balaban J connectivity index is 2.24. The van der Waals surface area contributed by atoms with Crippen LogP contribution >= 0.6 is 11.3 Å². The van der Waals surface area contributed by atoms with Gasteiger partial charge in [-0.05, 0) is 49.6 Å². The molecule has 8 heteroatoms. The summed E-state index contributed by atoms with van der Waals surface area (Å²) in [6.45, 7) is 4.82. The molecule has 138 valence electrons. The van der Waals surface area contributed by atoms with Crippen LogP contribution in [0.2, 0.25) is 0 Å². The molecule has 1 aromatic heterocycles. The van der Waals surface area contributed by atoms with Crippen LogP contribution in [-0.2, 0) is 11.2 Å². The Bertz CT molecular complexity index is 737. The van der Waals surface area contributed by atoms with E-state index in [1.54, 1.807) is 38.3 Å². The number of hydrogen-bond acceptors (Lipinski definition) is 4. The Kier molecular flexibility index (Phi) is 5.63. The normalized spacial score (nSPS) is 15.0. The van der Waals surface area contributed by atoms with Crippen LogP contribution in [0, 0.1) is 0 Å². The first-order valence-corrected chi connectivity index (χ1v) is 8.55. The predicted octanol–water partition coefficient (Wildman–Crippen LogP) is 4.26. The highest BCUT2D eigenvalue weighted by molar-refractivity contribution is 7.17. The lowest BCUT2D eigenvalue weighted by molar-refractivity contribution is -0.211. The molecule has 1 aromatic carbocycles. The molecule has 0 radical (unpaired) electrons. The van der Waals surface area contributed by atoms with Crippen molar-refractivity contribution in [1.82, 2.24) is 5.32 Å². The number of aliphatic hydroxyl groups is 1. The molecule has 0 aliphatic heterocycles. The lowest BCUT2D eigenvalue weighted by Crippen LogP contribution is -2.52. The van der Waals surface area contributed by atoms with Gasteiger partial charge in [-0.2, -0.15) is 13.2 Å². The van der Waals surface area contributed by atoms with Gasteiger partial charge in [-0.15, -0.1) is 11.3 Å². The van der Waals surface area contributed by atoms with Gasteiger partial charge in [0.2, 0.25) is 0 Å². The minimum absolute atomic E-state index is 0.163. The van der Waals surface area contributed by atoms with Gasteiger partial charge in [-0.1, -0.05) is 18.2 Å². The monoisotopic (exact) mass is 375 g/mol. The number of rotatable bonds is 4. The van der Waals surface area contributed by atoms with Crippen LogP contribution in [0.25, 0.3) is 10.1 Å². The van der Waals surface area contributed by atoms with Gasteiger partial charge >= 0.3 is 12.3 Å². The average Bonchev–Trinajstić information content (AvgIpc) is 2.86. The highest BCUT2D eigenvalue weighted by Gasteiger charge is 2.44. The molecule has 4 nitrogen and oxygen atoms in total. The van der Waals surface area contributed by atoms with Crippen LogP contribution in [0.1, 0.15) is 26.3 Å². The predicted molar refractivity (Wildman–Crippen MR) is 90.7 cm³/mol. The summed E-state index contributed by atoms with van der Waals surface area (Å²) in [7, 11) is 0. The van der Waals surface area contributed by atoms with Gasteiger partial charge in [0.25, 0.3) is 0 Å². The molecule has 2 unspecified atom stereocenters. The lowest BCUT2D eigenvalue weighted by atomic mass is 10.0. The fourth-order valence-electron chi connectivity index (χ4n) is 2.36. The Morgan fingerprint density at radius 1 is 1.28 bits per heavy atom. The molecule has 0 aliphatic rings. The van der Waals surface area contributed by atoms with E-state index in [0.29, 0.717) is 5.56 Å². The maximum absolute atomic E-state index is 13.0. The van der Waals surface area contributed by atoms with E-state index >= 15 is 0 Å². The molecule has 2 aromatic rings. The molecule has 0 aliphatic carbocycles. The minimum atomic E-state index is -4.86. The van der Waals surface area contributed by atoms with Crippen molar-refractivity contribution in [3.63, 3.8) is 0 Å². The minimum Gasteiger partial charge on any atom is -0.444 e. The number of amides is 1. The second-order valence-electron chi connectivity index (χ2n) is 6.70. The number of alkyl carbamates (subject to hydrolysis) is 1. The van der Waals surface area contributed by atoms with Crippen molar-refractivity contribution in [3.8, 4) is 0 Å². The summed E-state index contributed by atoms with van der Waals surface area (Å²) in [5.41, 5.74) is -0.225. The zero-order chi connectivity index (χ0) is 18.8. The average molecular weight is 375 g/mol. The van der Waals surface area contributed by atoms with Crippen LogP contribution in [0.5, 0.6) is 0 Å². The molecule has 2 atom stereocenters. The first-order chi connectivity index (χ1) is 11.5. The number of benzene rings is 1. The second kappa shape index (κ2) is 7.21. The number of carbonyl (C=O) groups excluding carboxylic acids is 1.